The fourth-order valence-electron chi connectivity index (χ4n) is 2.46. The highest BCUT2D eigenvalue weighted by Crippen LogP contribution is 2.23. The van der Waals surface area contributed by atoms with E-state index in [1.165, 1.54) is 12.8 Å². The molecule has 0 aromatic carbocycles. The van der Waals surface area contributed by atoms with Gasteiger partial charge in [0.2, 0.25) is 0 Å². The molecule has 2 heterocycles. The standard InChI is InChI=1S/C14H25N3OS/c1-14(2,5-9-18)11-16-12-3-7-17(8-4-12)13-15-6-10-19-13/h6,10,12,16,18H,3-5,7-9,11H2,1-2H3. The van der Waals surface area contributed by atoms with Gasteiger partial charge in [0.1, 0.15) is 0 Å². The van der Waals surface area contributed by atoms with E-state index in [2.05, 4.69) is 29.0 Å². The Kier molecular flexibility index (Phi) is 5.19. The summed E-state index contributed by atoms with van der Waals surface area (Å²) in [5.74, 6) is 0. The van der Waals surface area contributed by atoms with Crippen LogP contribution in [-0.4, -0.2) is 42.4 Å². The average molecular weight is 283 g/mol. The van der Waals surface area contributed by atoms with E-state index in [4.69, 9.17) is 5.11 Å². The Labute approximate surface area is 119 Å². The summed E-state index contributed by atoms with van der Waals surface area (Å²) in [6.07, 6.45) is 5.09. The van der Waals surface area contributed by atoms with Crippen LogP contribution in [0.1, 0.15) is 33.1 Å². The molecule has 0 amide bonds. The van der Waals surface area contributed by atoms with Crippen LogP contribution in [0, 0.1) is 5.41 Å². The number of rotatable bonds is 6. The summed E-state index contributed by atoms with van der Waals surface area (Å²) in [5.41, 5.74) is 0.182. The van der Waals surface area contributed by atoms with Crippen molar-refractivity contribution in [2.45, 2.75) is 39.2 Å². The van der Waals surface area contributed by atoms with E-state index in [0.29, 0.717) is 6.04 Å². The largest absolute Gasteiger partial charge is 0.396 e. The van der Waals surface area contributed by atoms with Crippen molar-refractivity contribution in [3.63, 3.8) is 0 Å². The molecule has 1 aliphatic heterocycles. The Morgan fingerprint density at radius 2 is 2.21 bits per heavy atom. The van der Waals surface area contributed by atoms with Crippen LogP contribution < -0.4 is 10.2 Å². The maximum atomic E-state index is 9.04. The maximum Gasteiger partial charge on any atom is 0.185 e. The molecule has 0 unspecified atom stereocenters. The van der Waals surface area contributed by atoms with E-state index in [-0.39, 0.29) is 12.0 Å². The molecule has 0 saturated carbocycles. The van der Waals surface area contributed by atoms with Gasteiger partial charge in [0.05, 0.1) is 0 Å². The molecule has 1 fully saturated rings. The smallest absolute Gasteiger partial charge is 0.185 e. The zero-order valence-electron chi connectivity index (χ0n) is 11.9. The van der Waals surface area contributed by atoms with Crippen molar-refractivity contribution < 1.29 is 5.11 Å². The molecule has 1 aromatic rings. The Balaban J connectivity index is 1.72. The number of aliphatic hydroxyl groups excluding tert-OH is 1. The highest BCUT2D eigenvalue weighted by molar-refractivity contribution is 7.13. The molecule has 2 rings (SSSR count). The molecule has 1 aromatic heterocycles. The van der Waals surface area contributed by atoms with Gasteiger partial charge in [-0.1, -0.05) is 13.8 Å². The summed E-state index contributed by atoms with van der Waals surface area (Å²) in [6.45, 7) is 7.85. The topological polar surface area (TPSA) is 48.4 Å². The van der Waals surface area contributed by atoms with Gasteiger partial charge in [-0.15, -0.1) is 11.3 Å². The Morgan fingerprint density at radius 1 is 1.47 bits per heavy atom. The lowest BCUT2D eigenvalue weighted by atomic mass is 9.89. The van der Waals surface area contributed by atoms with Gasteiger partial charge in [0.25, 0.3) is 0 Å². The minimum atomic E-state index is 0.182. The van der Waals surface area contributed by atoms with Gasteiger partial charge in [-0.25, -0.2) is 4.98 Å². The highest BCUT2D eigenvalue weighted by atomic mass is 32.1. The molecule has 1 saturated heterocycles. The van der Waals surface area contributed by atoms with Gasteiger partial charge in [-0.3, -0.25) is 0 Å². The first-order valence-corrected chi connectivity index (χ1v) is 7.97. The summed E-state index contributed by atoms with van der Waals surface area (Å²) in [4.78, 5) is 6.75. The monoisotopic (exact) mass is 283 g/mol. The molecule has 5 heteroatoms. The third-order valence-corrected chi connectivity index (χ3v) is 4.67. The lowest BCUT2D eigenvalue weighted by Crippen LogP contribution is -2.45. The fraction of sp³-hybridized carbons (Fsp3) is 0.786. The minimum absolute atomic E-state index is 0.182. The molecule has 2 N–H and O–H groups in total. The second-order valence-corrected chi connectivity index (χ2v) is 6.97. The molecule has 0 atom stereocenters. The number of piperidine rings is 1. The average Bonchev–Trinajstić information content (AvgIpc) is 2.91. The number of hydrogen-bond donors (Lipinski definition) is 2. The van der Waals surface area contributed by atoms with E-state index in [0.717, 1.165) is 31.2 Å². The summed E-state index contributed by atoms with van der Waals surface area (Å²) < 4.78 is 0. The molecule has 4 nitrogen and oxygen atoms in total. The van der Waals surface area contributed by atoms with Crippen LogP contribution >= 0.6 is 11.3 Å². The molecule has 1 aliphatic rings. The predicted molar refractivity (Wildman–Crippen MR) is 80.8 cm³/mol. The lowest BCUT2D eigenvalue weighted by molar-refractivity contribution is 0.200. The van der Waals surface area contributed by atoms with E-state index in [1.54, 1.807) is 11.3 Å². The van der Waals surface area contributed by atoms with E-state index in [9.17, 15) is 0 Å². The highest BCUT2D eigenvalue weighted by Gasteiger charge is 2.23. The molecular formula is C14H25N3OS. The third kappa shape index (κ3) is 4.44. The van der Waals surface area contributed by atoms with E-state index in [1.807, 2.05) is 11.6 Å². The molecule has 0 aliphatic carbocycles. The third-order valence-electron chi connectivity index (χ3n) is 3.84. The van der Waals surface area contributed by atoms with Crippen LogP contribution in [0.2, 0.25) is 0 Å². The first-order valence-electron chi connectivity index (χ1n) is 7.09. The molecule has 19 heavy (non-hydrogen) atoms. The molecule has 108 valence electrons. The SMILES string of the molecule is CC(C)(CCO)CNC1CCN(c2nccs2)CC1. The van der Waals surface area contributed by atoms with Crippen molar-refractivity contribution in [2.24, 2.45) is 5.41 Å². The van der Waals surface area contributed by atoms with Gasteiger partial charge in [0, 0.05) is 43.9 Å². The zero-order chi connectivity index (χ0) is 13.7. The summed E-state index contributed by atoms with van der Waals surface area (Å²) in [7, 11) is 0. The molecule has 0 spiro atoms. The molecular weight excluding hydrogens is 258 g/mol. The number of aromatic nitrogens is 1. The van der Waals surface area contributed by atoms with Gasteiger partial charge in [-0.05, 0) is 24.7 Å². The summed E-state index contributed by atoms with van der Waals surface area (Å²) in [6, 6.07) is 0.606. The number of nitrogens with one attached hydrogen (secondary N) is 1. The van der Waals surface area contributed by atoms with Crippen molar-refractivity contribution in [3.05, 3.63) is 11.6 Å². The van der Waals surface area contributed by atoms with Gasteiger partial charge >= 0.3 is 0 Å². The van der Waals surface area contributed by atoms with E-state index >= 15 is 0 Å². The Morgan fingerprint density at radius 3 is 2.79 bits per heavy atom. The first-order chi connectivity index (χ1) is 9.11. The van der Waals surface area contributed by atoms with Gasteiger partial charge in [-0.2, -0.15) is 0 Å². The van der Waals surface area contributed by atoms with Crippen LogP contribution in [-0.2, 0) is 0 Å². The predicted octanol–water partition coefficient (Wildman–Crippen LogP) is 2.11. The van der Waals surface area contributed by atoms with Crippen molar-refractivity contribution in [1.29, 1.82) is 0 Å². The van der Waals surface area contributed by atoms with Crippen molar-refractivity contribution >= 4 is 16.5 Å². The van der Waals surface area contributed by atoms with Crippen LogP contribution in [0.3, 0.4) is 0 Å². The second-order valence-electron chi connectivity index (χ2n) is 6.09. The lowest BCUT2D eigenvalue weighted by Gasteiger charge is -2.34. The van der Waals surface area contributed by atoms with Crippen LogP contribution in [0.4, 0.5) is 5.13 Å². The number of aliphatic hydroxyl groups is 1. The van der Waals surface area contributed by atoms with Crippen molar-refractivity contribution in [1.82, 2.24) is 10.3 Å². The minimum Gasteiger partial charge on any atom is -0.396 e. The second kappa shape index (κ2) is 6.68. The molecule has 0 bridgehead atoms. The van der Waals surface area contributed by atoms with Gasteiger partial charge in [0.15, 0.2) is 5.13 Å². The quantitative estimate of drug-likeness (QED) is 0.839. The van der Waals surface area contributed by atoms with Gasteiger partial charge < -0.3 is 15.3 Å². The van der Waals surface area contributed by atoms with Crippen molar-refractivity contribution in [2.75, 3.05) is 31.1 Å². The Hall–Kier alpha value is -0.650. The van der Waals surface area contributed by atoms with Crippen molar-refractivity contribution in [3.8, 4) is 0 Å². The van der Waals surface area contributed by atoms with E-state index < -0.39 is 0 Å². The first kappa shape index (κ1) is 14.8. The number of hydrogen-bond acceptors (Lipinski definition) is 5. The van der Waals surface area contributed by atoms with Crippen LogP contribution in [0.25, 0.3) is 0 Å². The molecule has 0 radical (unpaired) electrons. The summed E-state index contributed by atoms with van der Waals surface area (Å²) in [5, 5.41) is 15.9. The number of nitrogens with zero attached hydrogens (tertiary/aromatic N) is 2. The normalized spacial score (nSPS) is 17.9. The van der Waals surface area contributed by atoms with Crippen LogP contribution in [0.5, 0.6) is 0 Å². The fourth-order valence-corrected chi connectivity index (χ4v) is 3.16. The maximum absolute atomic E-state index is 9.04. The summed E-state index contributed by atoms with van der Waals surface area (Å²) >= 11 is 1.72. The zero-order valence-corrected chi connectivity index (χ0v) is 12.7. The number of anilines is 1. The number of thiazole rings is 1. The Bertz CT molecular complexity index is 359. The van der Waals surface area contributed by atoms with Crippen LogP contribution in [0.15, 0.2) is 11.6 Å².